The average molecular weight is 518 g/mol. The number of nitrogens with two attached hydrogens (primary N) is 1. The highest BCUT2D eigenvalue weighted by Crippen LogP contribution is 2.64. The molecule has 3 N–H and O–H groups in total. The monoisotopic (exact) mass is 517 g/mol. The first kappa shape index (κ1) is 22.1. The van der Waals surface area contributed by atoms with Gasteiger partial charge in [-0.05, 0) is 73.4 Å². The molecule has 8 nitrogen and oxygen atoms in total. The van der Waals surface area contributed by atoms with Crippen LogP contribution in [0.3, 0.4) is 0 Å². The lowest BCUT2D eigenvalue weighted by atomic mass is 9.77. The maximum atomic E-state index is 13.0. The molecule has 5 atom stereocenters. The van der Waals surface area contributed by atoms with Gasteiger partial charge in [-0.15, -0.1) is 11.8 Å². The van der Waals surface area contributed by atoms with E-state index in [1.807, 2.05) is 12.1 Å². The van der Waals surface area contributed by atoms with Crippen LogP contribution in [0.2, 0.25) is 0 Å². The number of sulfonamides is 1. The van der Waals surface area contributed by atoms with E-state index < -0.39 is 10.0 Å². The molecule has 34 heavy (non-hydrogen) atoms. The summed E-state index contributed by atoms with van der Waals surface area (Å²) in [4.78, 5) is 26.7. The summed E-state index contributed by atoms with van der Waals surface area (Å²) in [5.41, 5.74) is 0.434. The molecule has 2 saturated carbocycles. The van der Waals surface area contributed by atoms with E-state index in [0.29, 0.717) is 28.7 Å². The van der Waals surface area contributed by atoms with E-state index in [9.17, 15) is 18.0 Å². The lowest BCUT2D eigenvalue weighted by Gasteiger charge is -2.39. The number of rotatable bonds is 5. The van der Waals surface area contributed by atoms with Crippen molar-refractivity contribution in [2.75, 3.05) is 5.32 Å². The van der Waals surface area contributed by atoms with Crippen LogP contribution in [0.15, 0.2) is 61.8 Å². The van der Waals surface area contributed by atoms with Crippen LogP contribution in [0.4, 0.5) is 5.69 Å². The van der Waals surface area contributed by atoms with Crippen LogP contribution in [-0.2, 0) is 21.4 Å². The number of furan rings is 1. The van der Waals surface area contributed by atoms with Crippen molar-refractivity contribution in [2.45, 2.75) is 46.9 Å². The smallest absolute Gasteiger partial charge is 0.308 e. The van der Waals surface area contributed by atoms with E-state index in [0.717, 1.165) is 15.7 Å². The predicted octanol–water partition coefficient (Wildman–Crippen LogP) is 3.44. The number of hydrogen-bond donors (Lipinski definition) is 2. The van der Waals surface area contributed by atoms with Gasteiger partial charge in [0.15, 0.2) is 0 Å². The number of carbonyl (C=O) groups excluding carboxylic acids is 1. The number of nitrogens with one attached hydrogen (secondary N) is 1. The number of benzene rings is 1. The lowest BCUT2D eigenvalue weighted by Crippen LogP contribution is -2.34. The van der Waals surface area contributed by atoms with Gasteiger partial charge in [0, 0.05) is 10.9 Å². The molecular formula is C23H23N3O5S3. The molecule has 1 aliphatic heterocycles. The summed E-state index contributed by atoms with van der Waals surface area (Å²) in [7, 11) is -3.81. The van der Waals surface area contributed by atoms with Gasteiger partial charge in [0.2, 0.25) is 15.9 Å². The van der Waals surface area contributed by atoms with Crippen molar-refractivity contribution in [3.05, 3.63) is 63.0 Å². The SMILES string of the molecule is NS(=O)(=O)c1ccc(NC(=O)Cn2c3c(sc2=O)C(c2ccco2)C2C4CCC(C4)C2S3)cc1. The Morgan fingerprint density at radius 2 is 1.94 bits per heavy atom. The largest absolute Gasteiger partial charge is 0.469 e. The maximum absolute atomic E-state index is 13.0. The van der Waals surface area contributed by atoms with E-state index in [2.05, 4.69) is 5.32 Å². The molecule has 0 spiro atoms. The summed E-state index contributed by atoms with van der Waals surface area (Å²) < 4.78 is 30.3. The standard InChI is InChI=1S/C23H23N3O5S3/c24-34(29,30)15-7-5-14(6-8-15)25-17(27)11-26-22-21(33-23(26)28)19(16-2-1-9-31-16)18-12-3-4-13(10-12)20(18)32-22/h1-2,5-9,12-13,18-20H,3-4,10-11H2,(H,25,27)(H2,24,29,30). The molecule has 2 fully saturated rings. The first-order valence-electron chi connectivity index (χ1n) is 11.2. The van der Waals surface area contributed by atoms with Gasteiger partial charge in [-0.2, -0.15) is 0 Å². The summed E-state index contributed by atoms with van der Waals surface area (Å²) in [5.74, 6) is 2.35. The zero-order chi connectivity index (χ0) is 23.6. The molecule has 1 amide bonds. The summed E-state index contributed by atoms with van der Waals surface area (Å²) >= 11 is 2.98. The van der Waals surface area contributed by atoms with Crippen molar-refractivity contribution in [3.8, 4) is 0 Å². The van der Waals surface area contributed by atoms with Gasteiger partial charge in [-0.1, -0.05) is 11.3 Å². The highest BCUT2D eigenvalue weighted by Gasteiger charge is 2.55. The normalized spacial score (nSPS) is 27.4. The highest BCUT2D eigenvalue weighted by atomic mass is 32.2. The van der Waals surface area contributed by atoms with Crippen LogP contribution in [0.1, 0.15) is 35.8 Å². The molecule has 2 aromatic heterocycles. The van der Waals surface area contributed by atoms with E-state index in [-0.39, 0.29) is 28.1 Å². The summed E-state index contributed by atoms with van der Waals surface area (Å²) in [5, 5.41) is 9.18. The Morgan fingerprint density at radius 3 is 2.65 bits per heavy atom. The van der Waals surface area contributed by atoms with Gasteiger partial charge in [-0.3, -0.25) is 14.2 Å². The van der Waals surface area contributed by atoms with Crippen molar-refractivity contribution in [3.63, 3.8) is 0 Å². The molecule has 0 saturated heterocycles. The highest BCUT2D eigenvalue weighted by molar-refractivity contribution is 8.00. The quantitative estimate of drug-likeness (QED) is 0.534. The van der Waals surface area contributed by atoms with Crippen molar-refractivity contribution >= 4 is 44.7 Å². The van der Waals surface area contributed by atoms with E-state index in [1.54, 1.807) is 22.6 Å². The van der Waals surface area contributed by atoms with Crippen molar-refractivity contribution in [1.82, 2.24) is 4.57 Å². The van der Waals surface area contributed by atoms with Gasteiger partial charge in [-0.25, -0.2) is 13.6 Å². The molecule has 3 aliphatic rings. The van der Waals surface area contributed by atoms with Crippen LogP contribution in [-0.4, -0.2) is 24.1 Å². The predicted molar refractivity (Wildman–Crippen MR) is 130 cm³/mol. The first-order chi connectivity index (χ1) is 16.3. The summed E-state index contributed by atoms with van der Waals surface area (Å²) in [6.45, 7) is -0.106. The van der Waals surface area contributed by atoms with Crippen molar-refractivity contribution in [2.24, 2.45) is 22.9 Å². The fourth-order valence-electron chi connectivity index (χ4n) is 5.95. The minimum Gasteiger partial charge on any atom is -0.469 e. The average Bonchev–Trinajstić information content (AvgIpc) is 3.58. The lowest BCUT2D eigenvalue weighted by molar-refractivity contribution is -0.116. The molecule has 3 heterocycles. The summed E-state index contributed by atoms with van der Waals surface area (Å²) in [6.07, 6.45) is 5.38. The number of carbonyl (C=O) groups is 1. The molecule has 1 aromatic carbocycles. The van der Waals surface area contributed by atoms with Gasteiger partial charge in [0.1, 0.15) is 12.3 Å². The Morgan fingerprint density at radius 1 is 1.18 bits per heavy atom. The fraction of sp³-hybridized carbons (Fsp3) is 0.391. The third-order valence-corrected chi connectivity index (χ3v) is 11.1. The number of thioether (sulfide) groups is 1. The number of hydrogen-bond acceptors (Lipinski definition) is 7. The molecule has 3 aromatic rings. The Bertz CT molecular complexity index is 1410. The van der Waals surface area contributed by atoms with Gasteiger partial charge in [0.25, 0.3) is 0 Å². The minimum atomic E-state index is -3.81. The Kier molecular flexibility index (Phi) is 5.28. The zero-order valence-electron chi connectivity index (χ0n) is 18.0. The third-order valence-electron chi connectivity index (χ3n) is 7.31. The molecule has 5 unspecified atom stereocenters. The molecule has 11 heteroatoms. The number of fused-ring (bicyclic) bond motifs is 6. The second kappa shape index (κ2) is 8.11. The maximum Gasteiger partial charge on any atom is 0.308 e. The van der Waals surface area contributed by atoms with Gasteiger partial charge < -0.3 is 9.73 Å². The molecule has 6 rings (SSSR count). The zero-order valence-corrected chi connectivity index (χ0v) is 20.5. The van der Waals surface area contributed by atoms with E-state index >= 15 is 0 Å². The fourth-order valence-corrected chi connectivity index (χ4v) is 9.59. The van der Waals surface area contributed by atoms with Crippen LogP contribution >= 0.6 is 23.1 Å². The number of nitrogens with zero attached hydrogens (tertiary/aromatic N) is 1. The Balaban J connectivity index is 1.29. The summed E-state index contributed by atoms with van der Waals surface area (Å²) in [6, 6.07) is 9.52. The number of primary sulfonamides is 1. The van der Waals surface area contributed by atoms with Crippen molar-refractivity contribution < 1.29 is 17.6 Å². The Hall–Kier alpha value is -2.34. The molecule has 0 radical (unpaired) electrons. The van der Waals surface area contributed by atoms with Crippen LogP contribution in [0.25, 0.3) is 0 Å². The van der Waals surface area contributed by atoms with Crippen molar-refractivity contribution in [1.29, 1.82) is 0 Å². The number of aromatic nitrogens is 1. The number of thiazole rings is 1. The number of amides is 1. The van der Waals surface area contributed by atoms with Crippen LogP contribution < -0.4 is 15.3 Å². The Labute approximate surface area is 204 Å². The second-order valence-corrected chi connectivity index (χ2v) is 12.9. The van der Waals surface area contributed by atoms with Gasteiger partial charge in [0.05, 0.1) is 27.0 Å². The molecule has 178 valence electrons. The molecule has 2 aliphatic carbocycles. The minimum absolute atomic E-state index is 0.0330. The number of anilines is 1. The third kappa shape index (κ3) is 3.65. The topological polar surface area (TPSA) is 124 Å². The van der Waals surface area contributed by atoms with Gasteiger partial charge >= 0.3 is 4.87 Å². The van der Waals surface area contributed by atoms with Crippen LogP contribution in [0, 0.1) is 17.8 Å². The molecule has 2 bridgehead atoms. The first-order valence-corrected chi connectivity index (χ1v) is 14.4. The van der Waals surface area contributed by atoms with E-state index in [1.165, 1.54) is 54.9 Å². The second-order valence-electron chi connectivity index (χ2n) is 9.23. The van der Waals surface area contributed by atoms with Crippen LogP contribution in [0.5, 0.6) is 0 Å². The molecular weight excluding hydrogens is 494 g/mol. The van der Waals surface area contributed by atoms with E-state index in [4.69, 9.17) is 9.56 Å².